The average Bonchev–Trinajstić information content (AvgIpc) is 3.00. The van der Waals surface area contributed by atoms with E-state index in [9.17, 15) is 14.9 Å². The summed E-state index contributed by atoms with van der Waals surface area (Å²) in [6, 6.07) is 10.3. The minimum Gasteiger partial charge on any atom is -0.465 e. The second kappa shape index (κ2) is 7.91. The third-order valence-electron chi connectivity index (χ3n) is 3.30. The smallest absolute Gasteiger partial charge is 0.350 e. The zero-order chi connectivity index (χ0) is 18.4. The van der Waals surface area contributed by atoms with Crippen LogP contribution in [0.25, 0.3) is 6.08 Å². The van der Waals surface area contributed by atoms with E-state index < -0.39 is 11.9 Å². The van der Waals surface area contributed by atoms with Crippen molar-refractivity contribution in [2.24, 2.45) is 0 Å². The van der Waals surface area contributed by atoms with Crippen molar-refractivity contribution in [2.75, 3.05) is 12.4 Å². The molecule has 0 fully saturated rings. The quantitative estimate of drug-likeness (QED) is 0.517. The highest BCUT2D eigenvalue weighted by Gasteiger charge is 2.20. The molecular weight excluding hydrogens is 338 g/mol. The number of amides is 1. The molecule has 0 aliphatic carbocycles. The highest BCUT2D eigenvalue weighted by atomic mass is 32.1. The highest BCUT2D eigenvalue weighted by Crippen LogP contribution is 2.28. The zero-order valence-corrected chi connectivity index (χ0v) is 14.3. The predicted octanol–water partition coefficient (Wildman–Crippen LogP) is 3.26. The van der Waals surface area contributed by atoms with Gasteiger partial charge in [-0.2, -0.15) is 10.5 Å². The molecule has 2 rings (SSSR count). The summed E-state index contributed by atoms with van der Waals surface area (Å²) in [7, 11) is 1.26. The molecule has 1 aromatic carbocycles. The Hall–Kier alpha value is -3.42. The molecule has 2 aromatic rings. The normalized spacial score (nSPS) is 10.5. The lowest BCUT2D eigenvalue weighted by Crippen LogP contribution is -2.16. The number of nitrogens with zero attached hydrogens (tertiary/aromatic N) is 2. The van der Waals surface area contributed by atoms with Crippen molar-refractivity contribution in [3.8, 4) is 12.1 Å². The van der Waals surface area contributed by atoms with Crippen LogP contribution in [0.5, 0.6) is 0 Å². The van der Waals surface area contributed by atoms with Crippen molar-refractivity contribution < 1.29 is 14.3 Å². The Morgan fingerprint density at radius 1 is 1.24 bits per heavy atom. The molecule has 6 nitrogen and oxygen atoms in total. The molecule has 0 aliphatic heterocycles. The molecule has 124 valence electrons. The molecule has 1 amide bonds. The fourth-order valence-corrected chi connectivity index (χ4v) is 2.91. The number of thiophene rings is 1. The van der Waals surface area contributed by atoms with E-state index in [4.69, 9.17) is 10.00 Å². The molecule has 0 atom stereocenters. The Balaban J connectivity index is 2.28. The first-order valence-corrected chi connectivity index (χ1v) is 7.97. The summed E-state index contributed by atoms with van der Waals surface area (Å²) in [5, 5.41) is 22.4. The Labute approximate surface area is 148 Å². The average molecular weight is 351 g/mol. The number of hydrogen-bond donors (Lipinski definition) is 1. The number of ether oxygens (including phenoxy) is 1. The molecule has 0 bridgehead atoms. The fourth-order valence-electron chi connectivity index (χ4n) is 1.99. The first-order valence-electron chi connectivity index (χ1n) is 7.10. The molecule has 1 aromatic heterocycles. The number of esters is 1. The number of anilines is 1. The number of methoxy groups -OCH3 is 1. The molecule has 0 saturated heterocycles. The number of hydrogen-bond acceptors (Lipinski definition) is 6. The SMILES string of the molecule is COC(=O)c1scc(C)c1NC(=O)/C(C#N)=C\c1ccc(C#N)cc1. The number of nitrogens with one attached hydrogen (secondary N) is 1. The number of carbonyl (C=O) groups excluding carboxylic acids is 2. The Morgan fingerprint density at radius 2 is 1.92 bits per heavy atom. The minimum atomic E-state index is -0.626. The summed E-state index contributed by atoms with van der Waals surface area (Å²) in [5.74, 6) is -1.18. The lowest BCUT2D eigenvalue weighted by atomic mass is 10.1. The van der Waals surface area contributed by atoms with Crippen molar-refractivity contribution in [2.45, 2.75) is 6.92 Å². The van der Waals surface area contributed by atoms with Crippen LogP contribution in [0, 0.1) is 29.6 Å². The van der Waals surface area contributed by atoms with Gasteiger partial charge < -0.3 is 10.1 Å². The zero-order valence-electron chi connectivity index (χ0n) is 13.5. The van der Waals surface area contributed by atoms with Gasteiger partial charge in [0.05, 0.1) is 24.4 Å². The highest BCUT2D eigenvalue weighted by molar-refractivity contribution is 7.12. The number of nitriles is 2. The van der Waals surface area contributed by atoms with E-state index in [0.29, 0.717) is 22.4 Å². The molecule has 0 saturated carbocycles. The van der Waals surface area contributed by atoms with Crippen molar-refractivity contribution in [3.05, 3.63) is 56.8 Å². The Morgan fingerprint density at radius 3 is 2.48 bits per heavy atom. The summed E-state index contributed by atoms with van der Waals surface area (Å²) in [5.41, 5.74) is 2.01. The van der Waals surface area contributed by atoms with E-state index in [1.54, 1.807) is 36.6 Å². The molecule has 25 heavy (non-hydrogen) atoms. The molecule has 1 N–H and O–H groups in total. The van der Waals surface area contributed by atoms with Gasteiger partial charge in [-0.25, -0.2) is 4.79 Å². The number of carbonyl (C=O) groups is 2. The van der Waals surface area contributed by atoms with Crippen LogP contribution in [0.4, 0.5) is 5.69 Å². The van der Waals surface area contributed by atoms with Crippen LogP contribution in [0.3, 0.4) is 0 Å². The van der Waals surface area contributed by atoms with Gasteiger partial charge in [0, 0.05) is 0 Å². The van der Waals surface area contributed by atoms with E-state index in [0.717, 1.165) is 11.3 Å². The van der Waals surface area contributed by atoms with Crippen LogP contribution in [0.15, 0.2) is 35.2 Å². The van der Waals surface area contributed by atoms with Gasteiger partial charge in [-0.3, -0.25) is 4.79 Å². The van der Waals surface area contributed by atoms with Crippen LogP contribution in [-0.4, -0.2) is 19.0 Å². The maximum atomic E-state index is 12.4. The lowest BCUT2D eigenvalue weighted by molar-refractivity contribution is -0.112. The Kier molecular flexibility index (Phi) is 5.67. The molecule has 1 heterocycles. The number of rotatable bonds is 4. The molecule has 0 spiro atoms. The van der Waals surface area contributed by atoms with E-state index in [-0.39, 0.29) is 10.5 Å². The predicted molar refractivity (Wildman–Crippen MR) is 93.8 cm³/mol. The number of benzene rings is 1. The van der Waals surface area contributed by atoms with Gasteiger partial charge in [0.15, 0.2) is 0 Å². The van der Waals surface area contributed by atoms with Crippen LogP contribution < -0.4 is 5.32 Å². The van der Waals surface area contributed by atoms with E-state index in [1.165, 1.54) is 13.2 Å². The third kappa shape index (κ3) is 4.11. The van der Waals surface area contributed by atoms with Gasteiger partial charge in [0.25, 0.3) is 5.91 Å². The molecule has 0 radical (unpaired) electrons. The van der Waals surface area contributed by atoms with Crippen LogP contribution in [-0.2, 0) is 9.53 Å². The standard InChI is InChI=1S/C18H13N3O3S/c1-11-10-25-16(18(23)24-2)15(11)21-17(22)14(9-20)7-12-3-5-13(8-19)6-4-12/h3-7,10H,1-2H3,(H,21,22)/b14-7-. The van der Waals surface area contributed by atoms with Gasteiger partial charge in [-0.1, -0.05) is 12.1 Å². The summed E-state index contributed by atoms with van der Waals surface area (Å²) >= 11 is 1.16. The fraction of sp³-hybridized carbons (Fsp3) is 0.111. The van der Waals surface area contributed by atoms with Crippen molar-refractivity contribution in [1.82, 2.24) is 0 Å². The number of aryl methyl sites for hydroxylation is 1. The second-order valence-corrected chi connectivity index (χ2v) is 5.85. The van der Waals surface area contributed by atoms with Crippen molar-refractivity contribution >= 4 is 35.0 Å². The molecule has 7 heteroatoms. The van der Waals surface area contributed by atoms with E-state index in [1.807, 2.05) is 12.1 Å². The summed E-state index contributed by atoms with van der Waals surface area (Å²) < 4.78 is 4.69. The largest absolute Gasteiger partial charge is 0.465 e. The van der Waals surface area contributed by atoms with Crippen LogP contribution in [0.2, 0.25) is 0 Å². The van der Waals surface area contributed by atoms with E-state index >= 15 is 0 Å². The first-order chi connectivity index (χ1) is 12.0. The molecule has 0 unspecified atom stereocenters. The topological polar surface area (TPSA) is 103 Å². The maximum absolute atomic E-state index is 12.4. The minimum absolute atomic E-state index is 0.119. The molecule has 0 aliphatic rings. The van der Waals surface area contributed by atoms with Crippen molar-refractivity contribution in [3.63, 3.8) is 0 Å². The van der Waals surface area contributed by atoms with Crippen molar-refractivity contribution in [1.29, 1.82) is 10.5 Å². The van der Waals surface area contributed by atoms with E-state index in [2.05, 4.69) is 5.32 Å². The summed E-state index contributed by atoms with van der Waals surface area (Å²) in [6.07, 6.45) is 1.41. The Bertz CT molecular complexity index is 928. The van der Waals surface area contributed by atoms with Gasteiger partial charge in [-0.05, 0) is 41.6 Å². The second-order valence-electron chi connectivity index (χ2n) is 4.97. The third-order valence-corrected chi connectivity index (χ3v) is 4.38. The van der Waals surface area contributed by atoms with Gasteiger partial charge in [-0.15, -0.1) is 11.3 Å². The summed E-state index contributed by atoms with van der Waals surface area (Å²) in [4.78, 5) is 24.4. The lowest BCUT2D eigenvalue weighted by Gasteiger charge is -2.06. The van der Waals surface area contributed by atoms with Gasteiger partial charge in [0.1, 0.15) is 16.5 Å². The first kappa shape index (κ1) is 17.9. The van der Waals surface area contributed by atoms with Gasteiger partial charge >= 0.3 is 5.97 Å². The monoisotopic (exact) mass is 351 g/mol. The van der Waals surface area contributed by atoms with Crippen LogP contribution >= 0.6 is 11.3 Å². The van der Waals surface area contributed by atoms with Crippen LogP contribution in [0.1, 0.15) is 26.4 Å². The maximum Gasteiger partial charge on any atom is 0.350 e. The summed E-state index contributed by atoms with van der Waals surface area (Å²) in [6.45, 7) is 1.74. The molecular formula is C18H13N3O3S. The van der Waals surface area contributed by atoms with Gasteiger partial charge in [0.2, 0.25) is 0 Å².